The number of hydrogen-bond donors (Lipinski definition) is 2. The maximum Gasteiger partial charge on any atom is 0.239 e. The maximum absolute atomic E-state index is 13.4. The lowest BCUT2D eigenvalue weighted by molar-refractivity contribution is -0.138. The standard InChI is InChI=1S/C27H36N4O4S/c28-24-13-11-21(12-14-24)17-29-26(32)18-30-15-16-31(19-27(30)33)36(34,35)20-25(22-7-3-1-4-8-22)23-9-5-2-6-10-23/h1-10,21,24-25H,11-20,28H2,(H,29,32). The third-order valence-electron chi connectivity index (χ3n) is 7.27. The van der Waals surface area contributed by atoms with E-state index in [9.17, 15) is 18.0 Å². The van der Waals surface area contributed by atoms with Gasteiger partial charge in [0.1, 0.15) is 0 Å². The highest BCUT2D eigenvalue weighted by Gasteiger charge is 2.34. The monoisotopic (exact) mass is 512 g/mol. The molecule has 0 unspecified atom stereocenters. The minimum absolute atomic E-state index is 0.0460. The molecule has 36 heavy (non-hydrogen) atoms. The van der Waals surface area contributed by atoms with Crippen LogP contribution in [0.4, 0.5) is 0 Å². The summed E-state index contributed by atoms with van der Waals surface area (Å²) in [5.41, 5.74) is 7.76. The van der Waals surface area contributed by atoms with Crippen molar-refractivity contribution in [1.29, 1.82) is 0 Å². The summed E-state index contributed by atoms with van der Waals surface area (Å²) in [5, 5.41) is 2.93. The molecule has 0 spiro atoms. The molecule has 0 atom stereocenters. The molecule has 4 rings (SSSR count). The Morgan fingerprint density at radius 2 is 1.53 bits per heavy atom. The Bertz CT molecular complexity index is 1080. The summed E-state index contributed by atoms with van der Waals surface area (Å²) in [7, 11) is -3.72. The van der Waals surface area contributed by atoms with E-state index >= 15 is 0 Å². The molecule has 0 radical (unpaired) electrons. The highest BCUT2D eigenvalue weighted by molar-refractivity contribution is 7.89. The van der Waals surface area contributed by atoms with Crippen LogP contribution in [0.25, 0.3) is 0 Å². The number of nitrogens with zero attached hydrogens (tertiary/aromatic N) is 2. The first-order valence-electron chi connectivity index (χ1n) is 12.7. The summed E-state index contributed by atoms with van der Waals surface area (Å²) in [4.78, 5) is 26.7. The summed E-state index contributed by atoms with van der Waals surface area (Å²) < 4.78 is 28.0. The van der Waals surface area contributed by atoms with E-state index < -0.39 is 10.0 Å². The first-order chi connectivity index (χ1) is 17.3. The van der Waals surface area contributed by atoms with E-state index in [0.29, 0.717) is 12.5 Å². The Morgan fingerprint density at radius 3 is 2.08 bits per heavy atom. The zero-order chi connectivity index (χ0) is 25.5. The number of amides is 2. The zero-order valence-electron chi connectivity index (χ0n) is 20.6. The highest BCUT2D eigenvalue weighted by Crippen LogP contribution is 2.28. The van der Waals surface area contributed by atoms with E-state index in [2.05, 4.69) is 5.32 Å². The molecule has 0 bridgehead atoms. The Hall–Kier alpha value is -2.75. The van der Waals surface area contributed by atoms with Crippen LogP contribution in [0.3, 0.4) is 0 Å². The van der Waals surface area contributed by atoms with Gasteiger partial charge in [0.15, 0.2) is 0 Å². The lowest BCUT2D eigenvalue weighted by atomic mass is 9.86. The van der Waals surface area contributed by atoms with Gasteiger partial charge in [-0.1, -0.05) is 60.7 Å². The molecule has 9 heteroatoms. The number of carbonyl (C=O) groups excluding carboxylic acids is 2. The topological polar surface area (TPSA) is 113 Å². The number of nitrogens with one attached hydrogen (secondary N) is 1. The molecule has 2 amide bonds. The van der Waals surface area contributed by atoms with Crippen LogP contribution >= 0.6 is 0 Å². The predicted molar refractivity (Wildman–Crippen MR) is 140 cm³/mol. The lowest BCUT2D eigenvalue weighted by Gasteiger charge is -2.34. The van der Waals surface area contributed by atoms with Crippen molar-refractivity contribution in [3.05, 3.63) is 71.8 Å². The van der Waals surface area contributed by atoms with E-state index in [4.69, 9.17) is 5.73 Å². The molecule has 1 saturated heterocycles. The lowest BCUT2D eigenvalue weighted by Crippen LogP contribution is -2.55. The number of nitrogens with two attached hydrogens (primary N) is 1. The van der Waals surface area contributed by atoms with Crippen LogP contribution in [0, 0.1) is 5.92 Å². The van der Waals surface area contributed by atoms with Crippen LogP contribution in [0.15, 0.2) is 60.7 Å². The highest BCUT2D eigenvalue weighted by atomic mass is 32.2. The van der Waals surface area contributed by atoms with Gasteiger partial charge >= 0.3 is 0 Å². The van der Waals surface area contributed by atoms with Crippen LogP contribution in [0.5, 0.6) is 0 Å². The van der Waals surface area contributed by atoms with E-state index in [1.54, 1.807) is 0 Å². The first-order valence-corrected chi connectivity index (χ1v) is 14.3. The number of carbonyl (C=O) groups is 2. The number of benzene rings is 2. The van der Waals surface area contributed by atoms with Gasteiger partial charge in [0.05, 0.1) is 18.8 Å². The summed E-state index contributed by atoms with van der Waals surface area (Å²) in [6.45, 7) is 0.680. The minimum Gasteiger partial charge on any atom is -0.354 e. The van der Waals surface area contributed by atoms with Crippen molar-refractivity contribution in [1.82, 2.24) is 14.5 Å². The molecule has 1 aliphatic carbocycles. The SMILES string of the molecule is NC1CCC(CNC(=O)CN2CCN(S(=O)(=O)CC(c3ccccc3)c3ccccc3)CC2=O)CC1. The zero-order valence-corrected chi connectivity index (χ0v) is 21.4. The average molecular weight is 513 g/mol. The Labute approximate surface area is 213 Å². The van der Waals surface area contributed by atoms with Gasteiger partial charge in [-0.05, 0) is 42.7 Å². The molecule has 0 aromatic heterocycles. The largest absolute Gasteiger partial charge is 0.354 e. The molecule has 2 aromatic carbocycles. The summed E-state index contributed by atoms with van der Waals surface area (Å²) in [6, 6.07) is 19.4. The van der Waals surface area contributed by atoms with E-state index in [-0.39, 0.29) is 55.7 Å². The van der Waals surface area contributed by atoms with Crippen molar-refractivity contribution < 1.29 is 18.0 Å². The third kappa shape index (κ3) is 6.93. The van der Waals surface area contributed by atoms with Crippen LogP contribution in [0.2, 0.25) is 0 Å². The van der Waals surface area contributed by atoms with Crippen molar-refractivity contribution in [2.24, 2.45) is 11.7 Å². The number of rotatable bonds is 9. The second-order valence-electron chi connectivity index (χ2n) is 9.89. The summed E-state index contributed by atoms with van der Waals surface area (Å²) >= 11 is 0. The van der Waals surface area contributed by atoms with Crippen LogP contribution in [-0.2, 0) is 19.6 Å². The van der Waals surface area contributed by atoms with Crippen molar-refractivity contribution in [3.8, 4) is 0 Å². The molecule has 194 valence electrons. The molecule has 2 aliphatic rings. The molecule has 1 aliphatic heterocycles. The number of sulfonamides is 1. The van der Waals surface area contributed by atoms with Gasteiger partial charge in [0, 0.05) is 31.6 Å². The fourth-order valence-corrected chi connectivity index (χ4v) is 6.73. The fourth-order valence-electron chi connectivity index (χ4n) is 5.04. The minimum atomic E-state index is -3.72. The van der Waals surface area contributed by atoms with Crippen LogP contribution in [-0.4, -0.2) is 74.0 Å². The number of hydrogen-bond acceptors (Lipinski definition) is 5. The van der Waals surface area contributed by atoms with Crippen molar-refractivity contribution in [2.75, 3.05) is 38.5 Å². The molecular weight excluding hydrogens is 476 g/mol. The second kappa shape index (κ2) is 12.0. The second-order valence-corrected chi connectivity index (χ2v) is 11.9. The van der Waals surface area contributed by atoms with Crippen molar-refractivity contribution in [2.45, 2.75) is 37.6 Å². The van der Waals surface area contributed by atoms with Gasteiger partial charge in [-0.25, -0.2) is 8.42 Å². The summed E-state index contributed by atoms with van der Waals surface area (Å²) in [5.74, 6) is -0.596. The third-order valence-corrected chi connectivity index (χ3v) is 9.13. The fraction of sp³-hybridized carbons (Fsp3) is 0.481. The molecule has 3 N–H and O–H groups in total. The van der Waals surface area contributed by atoms with E-state index in [0.717, 1.165) is 36.8 Å². The van der Waals surface area contributed by atoms with Crippen LogP contribution < -0.4 is 11.1 Å². The Balaban J connectivity index is 1.33. The Morgan fingerprint density at radius 1 is 0.944 bits per heavy atom. The predicted octanol–water partition coefficient (Wildman–Crippen LogP) is 1.93. The van der Waals surface area contributed by atoms with Gasteiger partial charge in [-0.3, -0.25) is 9.59 Å². The maximum atomic E-state index is 13.4. The van der Waals surface area contributed by atoms with E-state index in [1.807, 2.05) is 60.7 Å². The molecule has 2 fully saturated rings. The Kier molecular flexibility index (Phi) is 8.77. The quantitative estimate of drug-likeness (QED) is 0.533. The van der Waals surface area contributed by atoms with E-state index in [1.165, 1.54) is 9.21 Å². The molecule has 1 saturated carbocycles. The normalized spacial score (nSPS) is 21.5. The van der Waals surface area contributed by atoms with Crippen molar-refractivity contribution >= 4 is 21.8 Å². The van der Waals surface area contributed by atoms with Gasteiger partial charge in [-0.2, -0.15) is 4.31 Å². The van der Waals surface area contributed by atoms with Gasteiger partial charge < -0.3 is 16.0 Å². The van der Waals surface area contributed by atoms with Gasteiger partial charge in [0.25, 0.3) is 0 Å². The molecule has 1 heterocycles. The number of piperazine rings is 1. The average Bonchev–Trinajstić information content (AvgIpc) is 2.89. The van der Waals surface area contributed by atoms with Crippen molar-refractivity contribution in [3.63, 3.8) is 0 Å². The molecular formula is C27H36N4O4S. The first kappa shape index (κ1) is 26.3. The van der Waals surface area contributed by atoms with Gasteiger partial charge in [-0.15, -0.1) is 0 Å². The summed E-state index contributed by atoms with van der Waals surface area (Å²) in [6.07, 6.45) is 3.96. The van der Waals surface area contributed by atoms with Crippen LogP contribution in [0.1, 0.15) is 42.7 Å². The smallest absolute Gasteiger partial charge is 0.239 e. The molecule has 8 nitrogen and oxygen atoms in total. The molecule has 2 aromatic rings. The van der Waals surface area contributed by atoms with Gasteiger partial charge in [0.2, 0.25) is 21.8 Å².